The van der Waals surface area contributed by atoms with Crippen LogP contribution in [0, 0.1) is 0 Å². The molecule has 0 unspecified atom stereocenters. The van der Waals surface area contributed by atoms with Crippen LogP contribution in [0.3, 0.4) is 0 Å². The van der Waals surface area contributed by atoms with E-state index in [1.165, 1.54) is 18.3 Å². The molecule has 0 aliphatic heterocycles. The quantitative estimate of drug-likeness (QED) is 0.666. The van der Waals surface area contributed by atoms with Gasteiger partial charge in [-0.1, -0.05) is 0 Å². The number of hydrogen-bond acceptors (Lipinski definition) is 2. The van der Waals surface area contributed by atoms with Crippen LogP contribution in [0.25, 0.3) is 0 Å². The van der Waals surface area contributed by atoms with Crippen LogP contribution in [0.2, 0.25) is 0 Å². The summed E-state index contributed by atoms with van der Waals surface area (Å²) in [6.45, 7) is 0. The summed E-state index contributed by atoms with van der Waals surface area (Å²) >= 11 is 0. The van der Waals surface area contributed by atoms with E-state index in [1.807, 2.05) is 0 Å². The Morgan fingerprint density at radius 1 is 1.50 bits per heavy atom. The first-order valence-electron chi connectivity index (χ1n) is 2.92. The smallest absolute Gasteiger partial charge is 0.368 e. The summed E-state index contributed by atoms with van der Waals surface area (Å²) in [5.74, 6) is -1.44. The molecule has 1 N–H and O–H groups in total. The minimum Gasteiger partial charge on any atom is -0.368 e. The van der Waals surface area contributed by atoms with Crippen molar-refractivity contribution in [3.8, 4) is 0 Å². The van der Waals surface area contributed by atoms with Gasteiger partial charge in [0.2, 0.25) is 0 Å². The van der Waals surface area contributed by atoms with Crippen molar-refractivity contribution in [1.82, 2.24) is 4.98 Å². The molecule has 1 rings (SSSR count). The molecule has 12 heavy (non-hydrogen) atoms. The van der Waals surface area contributed by atoms with Gasteiger partial charge in [0.15, 0.2) is 0 Å². The Morgan fingerprint density at radius 2 is 2.17 bits per heavy atom. The van der Waals surface area contributed by atoms with E-state index in [4.69, 9.17) is 0 Å². The van der Waals surface area contributed by atoms with Gasteiger partial charge in [-0.25, -0.2) is 4.79 Å². The molecule has 0 saturated carbocycles. The SMILES string of the molecule is O=C(OC(F)(F)F)c1ccc[nH]1. The average molecular weight is 179 g/mol. The van der Waals surface area contributed by atoms with Gasteiger partial charge in [-0.2, -0.15) is 0 Å². The van der Waals surface area contributed by atoms with Gasteiger partial charge in [-0.3, -0.25) is 0 Å². The number of aromatic amines is 1. The van der Waals surface area contributed by atoms with Crippen molar-refractivity contribution in [3.05, 3.63) is 24.0 Å². The van der Waals surface area contributed by atoms with Crippen LogP contribution in [-0.2, 0) is 4.74 Å². The minimum atomic E-state index is -4.93. The van der Waals surface area contributed by atoms with Crippen molar-refractivity contribution in [2.45, 2.75) is 6.36 Å². The van der Waals surface area contributed by atoms with Crippen molar-refractivity contribution in [2.24, 2.45) is 0 Å². The first kappa shape index (κ1) is 8.63. The lowest BCUT2D eigenvalue weighted by molar-refractivity contribution is -0.291. The van der Waals surface area contributed by atoms with E-state index in [2.05, 4.69) is 9.72 Å². The van der Waals surface area contributed by atoms with Crippen LogP contribution in [-0.4, -0.2) is 17.3 Å². The molecule has 0 aromatic carbocycles. The predicted molar refractivity (Wildman–Crippen MR) is 32.3 cm³/mol. The third kappa shape index (κ3) is 2.30. The summed E-state index contributed by atoms with van der Waals surface area (Å²) in [5, 5.41) is 0. The summed E-state index contributed by atoms with van der Waals surface area (Å²) in [6, 6.07) is 2.58. The molecule has 66 valence electrons. The second kappa shape index (κ2) is 2.88. The Hall–Kier alpha value is -1.46. The summed E-state index contributed by atoms with van der Waals surface area (Å²) in [4.78, 5) is 12.8. The number of carbonyl (C=O) groups is 1. The van der Waals surface area contributed by atoms with Crippen LogP contribution >= 0.6 is 0 Å². The lowest BCUT2D eigenvalue weighted by Crippen LogP contribution is -2.19. The highest BCUT2D eigenvalue weighted by atomic mass is 19.4. The fourth-order valence-electron chi connectivity index (χ4n) is 0.617. The molecular formula is C6H4F3NO2. The maximum absolute atomic E-state index is 11.4. The first-order valence-corrected chi connectivity index (χ1v) is 2.92. The number of hydrogen-bond donors (Lipinski definition) is 1. The topological polar surface area (TPSA) is 42.1 Å². The molecule has 0 radical (unpaired) electrons. The maximum Gasteiger partial charge on any atom is 0.575 e. The summed E-state index contributed by atoms with van der Waals surface area (Å²) < 4.78 is 37.4. The van der Waals surface area contributed by atoms with Crippen LogP contribution in [0.1, 0.15) is 10.5 Å². The largest absolute Gasteiger partial charge is 0.575 e. The molecular weight excluding hydrogens is 175 g/mol. The van der Waals surface area contributed by atoms with Gasteiger partial charge in [0.05, 0.1) is 0 Å². The Kier molecular flexibility index (Phi) is 2.07. The number of rotatable bonds is 1. The highest BCUT2D eigenvalue weighted by molar-refractivity contribution is 5.87. The third-order valence-electron chi connectivity index (χ3n) is 1.03. The molecule has 1 aromatic rings. The molecule has 0 amide bonds. The van der Waals surface area contributed by atoms with Crippen LogP contribution < -0.4 is 0 Å². The van der Waals surface area contributed by atoms with Crippen LogP contribution in [0.4, 0.5) is 13.2 Å². The van der Waals surface area contributed by atoms with Crippen molar-refractivity contribution in [1.29, 1.82) is 0 Å². The normalized spacial score (nSPS) is 11.2. The van der Waals surface area contributed by atoms with Gasteiger partial charge in [-0.15, -0.1) is 13.2 Å². The number of carbonyl (C=O) groups excluding carboxylic acids is 1. The fourth-order valence-corrected chi connectivity index (χ4v) is 0.617. The van der Waals surface area contributed by atoms with Crippen molar-refractivity contribution < 1.29 is 22.7 Å². The van der Waals surface area contributed by atoms with E-state index < -0.39 is 12.3 Å². The molecule has 1 heterocycles. The van der Waals surface area contributed by atoms with Gasteiger partial charge in [-0.05, 0) is 12.1 Å². The van der Waals surface area contributed by atoms with E-state index in [9.17, 15) is 18.0 Å². The molecule has 0 aliphatic rings. The number of halogens is 3. The standard InChI is InChI=1S/C6H4F3NO2/c7-6(8,9)12-5(11)4-2-1-3-10-4/h1-3,10H. The summed E-state index contributed by atoms with van der Waals surface area (Å²) in [6.07, 6.45) is -3.60. The van der Waals surface area contributed by atoms with Crippen molar-refractivity contribution >= 4 is 5.97 Å². The van der Waals surface area contributed by atoms with Gasteiger partial charge in [0.1, 0.15) is 5.69 Å². The number of H-pyrrole nitrogens is 1. The van der Waals surface area contributed by atoms with Gasteiger partial charge in [0, 0.05) is 6.20 Å². The zero-order valence-corrected chi connectivity index (χ0v) is 5.68. The first-order chi connectivity index (χ1) is 5.49. The van der Waals surface area contributed by atoms with E-state index >= 15 is 0 Å². The van der Waals surface area contributed by atoms with E-state index in [0.717, 1.165) is 0 Å². The van der Waals surface area contributed by atoms with E-state index in [1.54, 1.807) is 0 Å². The Bertz CT molecular complexity index is 265. The maximum atomic E-state index is 11.4. The van der Waals surface area contributed by atoms with Gasteiger partial charge in [0.25, 0.3) is 0 Å². The number of alkyl halides is 3. The summed E-state index contributed by atoms with van der Waals surface area (Å²) in [5.41, 5.74) is -0.229. The lowest BCUT2D eigenvalue weighted by Gasteiger charge is -2.04. The summed E-state index contributed by atoms with van der Waals surface area (Å²) in [7, 11) is 0. The molecule has 0 bridgehead atoms. The molecule has 0 aliphatic carbocycles. The van der Waals surface area contributed by atoms with Crippen LogP contribution in [0.5, 0.6) is 0 Å². The van der Waals surface area contributed by atoms with Gasteiger partial charge < -0.3 is 9.72 Å². The highest BCUT2D eigenvalue weighted by Gasteiger charge is 2.34. The second-order valence-corrected chi connectivity index (χ2v) is 1.92. The van der Waals surface area contributed by atoms with E-state index in [-0.39, 0.29) is 5.69 Å². The van der Waals surface area contributed by atoms with Crippen molar-refractivity contribution in [2.75, 3.05) is 0 Å². The zero-order valence-electron chi connectivity index (χ0n) is 5.68. The Balaban J connectivity index is 2.63. The second-order valence-electron chi connectivity index (χ2n) is 1.92. The Labute approximate surface area is 65.1 Å². The van der Waals surface area contributed by atoms with Crippen LogP contribution in [0.15, 0.2) is 18.3 Å². The van der Waals surface area contributed by atoms with Crippen molar-refractivity contribution in [3.63, 3.8) is 0 Å². The predicted octanol–water partition coefficient (Wildman–Crippen LogP) is 1.69. The van der Waals surface area contributed by atoms with E-state index in [0.29, 0.717) is 0 Å². The number of esters is 1. The molecule has 0 fully saturated rings. The van der Waals surface area contributed by atoms with Gasteiger partial charge >= 0.3 is 12.3 Å². The number of ether oxygens (including phenoxy) is 1. The number of nitrogens with one attached hydrogen (secondary N) is 1. The lowest BCUT2D eigenvalue weighted by atomic mass is 10.4. The fraction of sp³-hybridized carbons (Fsp3) is 0.167. The number of aromatic nitrogens is 1. The molecule has 6 heteroatoms. The monoisotopic (exact) mass is 179 g/mol. The molecule has 3 nitrogen and oxygen atoms in total. The minimum absolute atomic E-state index is 0.229. The Morgan fingerprint density at radius 3 is 2.58 bits per heavy atom. The third-order valence-corrected chi connectivity index (χ3v) is 1.03. The molecule has 0 atom stereocenters. The zero-order chi connectivity index (χ0) is 9.19. The highest BCUT2D eigenvalue weighted by Crippen LogP contribution is 2.17. The molecule has 0 spiro atoms. The molecule has 1 aromatic heterocycles. The average Bonchev–Trinajstić information content (AvgIpc) is 2.32. The molecule has 0 saturated heterocycles.